The predicted molar refractivity (Wildman–Crippen MR) is 177 cm³/mol. The van der Waals surface area contributed by atoms with E-state index >= 15 is 0 Å². The summed E-state index contributed by atoms with van der Waals surface area (Å²) in [5.74, 6) is -0.224. The molecule has 1 N–H and O–H groups in total. The lowest BCUT2D eigenvalue weighted by atomic mass is 9.79. The third-order valence-corrected chi connectivity index (χ3v) is 11.4. The second-order valence-electron chi connectivity index (χ2n) is 12.4. The number of piperidine rings is 2. The number of hydrogen-bond acceptors (Lipinski definition) is 8. The lowest BCUT2D eigenvalue weighted by molar-refractivity contribution is -0.142. The van der Waals surface area contributed by atoms with Gasteiger partial charge in [0.25, 0.3) is 5.91 Å². The van der Waals surface area contributed by atoms with E-state index in [0.717, 1.165) is 31.7 Å². The van der Waals surface area contributed by atoms with Gasteiger partial charge in [-0.1, -0.05) is 60.7 Å². The van der Waals surface area contributed by atoms with Gasteiger partial charge in [-0.3, -0.25) is 14.6 Å². The fourth-order valence-corrected chi connectivity index (χ4v) is 8.63. The molecule has 0 saturated carbocycles. The zero-order valence-electron chi connectivity index (χ0n) is 25.3. The van der Waals surface area contributed by atoms with Crippen molar-refractivity contribution in [2.75, 3.05) is 39.4 Å². The van der Waals surface area contributed by atoms with Crippen LogP contribution in [0.1, 0.15) is 46.1 Å². The van der Waals surface area contributed by atoms with Crippen molar-refractivity contribution in [1.82, 2.24) is 19.7 Å². The van der Waals surface area contributed by atoms with Crippen LogP contribution >= 0.6 is 22.7 Å². The lowest BCUT2D eigenvalue weighted by Gasteiger charge is -2.44. The van der Waals surface area contributed by atoms with Crippen LogP contribution in [0.3, 0.4) is 0 Å². The van der Waals surface area contributed by atoms with Crippen LogP contribution in [-0.4, -0.2) is 81.6 Å². The molecule has 2 aromatic heterocycles. The van der Waals surface area contributed by atoms with E-state index in [9.17, 15) is 14.7 Å². The summed E-state index contributed by atoms with van der Waals surface area (Å²) in [7, 11) is 0. The first-order valence-corrected chi connectivity index (χ1v) is 17.3. The number of aryl methyl sites for hydroxylation is 1. The maximum atomic E-state index is 14.1. The van der Waals surface area contributed by atoms with Gasteiger partial charge in [-0.15, -0.1) is 22.7 Å². The molecule has 2 saturated heterocycles. The number of rotatable bonds is 6. The van der Waals surface area contributed by atoms with Crippen molar-refractivity contribution in [2.45, 2.75) is 37.7 Å². The summed E-state index contributed by atoms with van der Waals surface area (Å²) in [5.41, 5.74) is 1.96. The second kappa shape index (κ2) is 12.5. The SMILES string of the molecule is Cc1nc(-c2ccccc2)sc1C(=O)N1CC[C@@H](C(=O)N2CCC(O)(CN3C=c4ccsc4=NC3)CC2)[C@H](c2ccccc2)C1. The third-order valence-electron chi connectivity index (χ3n) is 9.35. The number of nitrogens with zero attached hydrogens (tertiary/aromatic N) is 5. The second-order valence-corrected chi connectivity index (χ2v) is 14.3. The van der Waals surface area contributed by atoms with Crippen LogP contribution in [0.4, 0.5) is 0 Å². The van der Waals surface area contributed by atoms with Gasteiger partial charge in [0.1, 0.15) is 21.2 Å². The Kier molecular flexibility index (Phi) is 8.29. The molecule has 0 radical (unpaired) electrons. The van der Waals surface area contributed by atoms with Crippen LogP contribution < -0.4 is 9.89 Å². The van der Waals surface area contributed by atoms with Crippen LogP contribution in [0.25, 0.3) is 16.8 Å². The van der Waals surface area contributed by atoms with E-state index in [2.05, 4.69) is 34.3 Å². The normalized spacial score (nSPS) is 21.1. The number of fused-ring (bicyclic) bond motifs is 1. The monoisotopic (exact) mass is 639 g/mol. The number of aromatic nitrogens is 1. The highest BCUT2D eigenvalue weighted by molar-refractivity contribution is 7.17. The number of carbonyl (C=O) groups excluding carboxylic acids is 2. The van der Waals surface area contributed by atoms with Crippen LogP contribution in [0.15, 0.2) is 77.1 Å². The molecule has 8 nitrogen and oxygen atoms in total. The van der Waals surface area contributed by atoms with Crippen molar-refractivity contribution in [3.8, 4) is 10.6 Å². The van der Waals surface area contributed by atoms with Gasteiger partial charge in [-0.25, -0.2) is 4.98 Å². The predicted octanol–water partition coefficient (Wildman–Crippen LogP) is 4.11. The van der Waals surface area contributed by atoms with Gasteiger partial charge < -0.3 is 19.8 Å². The summed E-state index contributed by atoms with van der Waals surface area (Å²) >= 11 is 3.07. The fourth-order valence-electron chi connectivity index (χ4n) is 6.85. The van der Waals surface area contributed by atoms with Crippen LogP contribution in [-0.2, 0) is 4.79 Å². The summed E-state index contributed by atoms with van der Waals surface area (Å²) in [6, 6.07) is 22.1. The van der Waals surface area contributed by atoms with Crippen molar-refractivity contribution in [3.63, 3.8) is 0 Å². The maximum Gasteiger partial charge on any atom is 0.265 e. The van der Waals surface area contributed by atoms with Gasteiger partial charge in [0.05, 0.1) is 11.3 Å². The van der Waals surface area contributed by atoms with Gasteiger partial charge in [0, 0.05) is 61.5 Å². The Hall–Kier alpha value is -3.86. The first-order chi connectivity index (χ1) is 21.9. The van der Waals surface area contributed by atoms with E-state index < -0.39 is 5.60 Å². The summed E-state index contributed by atoms with van der Waals surface area (Å²) in [5, 5.41) is 15.5. The quantitative estimate of drug-likeness (QED) is 0.343. The highest BCUT2D eigenvalue weighted by Crippen LogP contribution is 2.37. The molecule has 2 amide bonds. The molecule has 0 unspecified atom stereocenters. The maximum absolute atomic E-state index is 14.1. The highest BCUT2D eigenvalue weighted by Gasteiger charge is 2.42. The minimum atomic E-state index is -0.865. The third kappa shape index (κ3) is 6.19. The Balaban J connectivity index is 1.04. The van der Waals surface area contributed by atoms with Crippen molar-refractivity contribution in [3.05, 3.63) is 98.1 Å². The van der Waals surface area contributed by atoms with Gasteiger partial charge in [0.2, 0.25) is 5.91 Å². The van der Waals surface area contributed by atoms with E-state index in [1.165, 1.54) is 11.3 Å². The van der Waals surface area contributed by atoms with Crippen molar-refractivity contribution < 1.29 is 14.7 Å². The number of thiophene rings is 1. The number of aliphatic hydroxyl groups is 1. The molecular formula is C35H37N5O3S2. The molecule has 5 heterocycles. The van der Waals surface area contributed by atoms with Crippen LogP contribution in [0.2, 0.25) is 0 Å². The molecule has 0 bridgehead atoms. The molecule has 2 fully saturated rings. The number of thiazole rings is 1. The average molecular weight is 640 g/mol. The number of likely N-dealkylation sites (tertiary alicyclic amines) is 2. The van der Waals surface area contributed by atoms with E-state index in [1.807, 2.05) is 70.6 Å². The van der Waals surface area contributed by atoms with Crippen LogP contribution in [0.5, 0.6) is 0 Å². The Morgan fingerprint density at radius 1 is 0.978 bits per heavy atom. The highest BCUT2D eigenvalue weighted by atomic mass is 32.1. The number of β-amino-alcohol motifs (C(OH)–C–C–N with tert-alkyl or cyclic N) is 1. The average Bonchev–Trinajstić information content (AvgIpc) is 3.71. The summed E-state index contributed by atoms with van der Waals surface area (Å²) in [6.45, 7) is 4.99. The molecule has 3 aliphatic heterocycles. The molecule has 0 aliphatic carbocycles. The lowest BCUT2D eigenvalue weighted by Crippen LogP contribution is -2.54. The first kappa shape index (κ1) is 29.8. The molecule has 2 atom stereocenters. The van der Waals surface area contributed by atoms with Crippen molar-refractivity contribution >= 4 is 40.7 Å². The Bertz CT molecular complexity index is 1800. The van der Waals surface area contributed by atoms with Crippen molar-refractivity contribution in [2.24, 2.45) is 10.9 Å². The van der Waals surface area contributed by atoms with Crippen molar-refractivity contribution in [1.29, 1.82) is 0 Å². The van der Waals surface area contributed by atoms with E-state index in [1.54, 1.807) is 11.3 Å². The molecular weight excluding hydrogens is 603 g/mol. The molecule has 45 heavy (non-hydrogen) atoms. The first-order valence-electron chi connectivity index (χ1n) is 15.6. The van der Waals surface area contributed by atoms with E-state index in [-0.39, 0.29) is 23.7 Å². The smallest absolute Gasteiger partial charge is 0.265 e. The Labute approximate surface area is 271 Å². The molecule has 10 heteroatoms. The number of amides is 2. The Morgan fingerprint density at radius 3 is 2.47 bits per heavy atom. The number of hydrogen-bond donors (Lipinski definition) is 1. The zero-order chi connectivity index (χ0) is 31.0. The Morgan fingerprint density at radius 2 is 1.71 bits per heavy atom. The van der Waals surface area contributed by atoms with E-state index in [0.29, 0.717) is 63.5 Å². The largest absolute Gasteiger partial charge is 0.388 e. The molecule has 7 rings (SSSR count). The summed E-state index contributed by atoms with van der Waals surface area (Å²) in [4.78, 5) is 43.9. The van der Waals surface area contributed by atoms with Gasteiger partial charge in [0.15, 0.2) is 0 Å². The van der Waals surface area contributed by atoms with Gasteiger partial charge in [-0.05, 0) is 43.2 Å². The summed E-state index contributed by atoms with van der Waals surface area (Å²) in [6.07, 6.45) is 3.74. The van der Waals surface area contributed by atoms with Crippen LogP contribution in [0, 0.1) is 12.8 Å². The molecule has 2 aromatic carbocycles. The fraction of sp³-hybridized carbons (Fsp3) is 0.371. The molecule has 4 aromatic rings. The van der Waals surface area contributed by atoms with Gasteiger partial charge in [-0.2, -0.15) is 0 Å². The van der Waals surface area contributed by atoms with E-state index in [4.69, 9.17) is 4.98 Å². The van der Waals surface area contributed by atoms with Gasteiger partial charge >= 0.3 is 0 Å². The minimum Gasteiger partial charge on any atom is -0.388 e. The topological polar surface area (TPSA) is 89.3 Å². The molecule has 232 valence electrons. The molecule has 3 aliphatic rings. The minimum absolute atomic E-state index is 0.0159. The number of carbonyl (C=O) groups is 2. The zero-order valence-corrected chi connectivity index (χ0v) is 27.0. The number of benzene rings is 2. The summed E-state index contributed by atoms with van der Waals surface area (Å²) < 4.78 is 1.04. The molecule has 0 spiro atoms. The standard InChI is InChI=1S/C35H37N5O3S2/c1-24-30(45-32(37-24)26-10-6-3-7-11-26)34(42)40-16-12-28(29(21-40)25-8-4-2-5-9-25)33(41)39-17-14-35(43,15-18-39)22-38-20-27-13-19-44-31(27)36-23-38/h2-11,13,19-20,28-29,43H,12,14-18,21-23H2,1H3/t28-,29+/m1/s1.